The van der Waals surface area contributed by atoms with Gasteiger partial charge in [-0.05, 0) is 31.4 Å². The predicted molar refractivity (Wildman–Crippen MR) is 72.9 cm³/mol. The number of rotatable bonds is 4. The zero-order valence-electron chi connectivity index (χ0n) is 9.82. The quantitative estimate of drug-likeness (QED) is 0.654. The van der Waals surface area contributed by atoms with Crippen molar-refractivity contribution in [1.29, 1.82) is 0 Å². The van der Waals surface area contributed by atoms with Crippen molar-refractivity contribution in [3.05, 3.63) is 43.0 Å². The van der Waals surface area contributed by atoms with Crippen LogP contribution in [0.15, 0.2) is 47.9 Å². The lowest BCUT2D eigenvalue weighted by Crippen LogP contribution is -2.26. The molecule has 0 unspecified atom stereocenters. The Morgan fingerprint density at radius 1 is 1.12 bits per heavy atom. The van der Waals surface area contributed by atoms with Crippen LogP contribution in [0, 0.1) is 0 Å². The summed E-state index contributed by atoms with van der Waals surface area (Å²) in [6, 6.07) is 10.8. The molecule has 0 radical (unpaired) electrons. The molecule has 2 rings (SSSR count). The Morgan fingerprint density at radius 3 is 2.44 bits per heavy atom. The molecule has 0 heterocycles. The number of benzene rings is 1. The zero-order chi connectivity index (χ0) is 11.3. The molecule has 0 aromatic heterocycles. The molecule has 1 aromatic carbocycles. The van der Waals surface area contributed by atoms with E-state index in [0.29, 0.717) is 4.75 Å². The van der Waals surface area contributed by atoms with Gasteiger partial charge in [0.25, 0.3) is 0 Å². The smallest absolute Gasteiger partial charge is 0.0241 e. The highest BCUT2D eigenvalue weighted by Gasteiger charge is 2.31. The first kappa shape index (κ1) is 11.8. The van der Waals surface area contributed by atoms with E-state index >= 15 is 0 Å². The van der Waals surface area contributed by atoms with Crippen molar-refractivity contribution in [2.24, 2.45) is 0 Å². The molecule has 0 bridgehead atoms. The molecule has 16 heavy (non-hydrogen) atoms. The van der Waals surface area contributed by atoms with Crippen molar-refractivity contribution < 1.29 is 0 Å². The van der Waals surface area contributed by atoms with Crippen molar-refractivity contribution in [2.75, 3.05) is 0 Å². The highest BCUT2D eigenvalue weighted by molar-refractivity contribution is 8.00. The van der Waals surface area contributed by atoms with Crippen LogP contribution < -0.4 is 0 Å². The van der Waals surface area contributed by atoms with E-state index in [1.54, 1.807) is 0 Å². The molecule has 1 saturated carbocycles. The third kappa shape index (κ3) is 2.91. The molecule has 1 aliphatic rings. The van der Waals surface area contributed by atoms with Gasteiger partial charge < -0.3 is 0 Å². The van der Waals surface area contributed by atoms with Crippen molar-refractivity contribution in [3.63, 3.8) is 0 Å². The van der Waals surface area contributed by atoms with Crippen molar-refractivity contribution in [2.45, 2.75) is 48.2 Å². The lowest BCUT2D eigenvalue weighted by atomic mass is 9.86. The number of allylic oxidation sites excluding steroid dienone is 1. The molecule has 0 atom stereocenters. The highest BCUT2D eigenvalue weighted by Crippen LogP contribution is 2.46. The third-order valence-electron chi connectivity index (χ3n) is 3.36. The molecule has 0 spiro atoms. The summed E-state index contributed by atoms with van der Waals surface area (Å²) in [6.07, 6.45) is 10.1. The van der Waals surface area contributed by atoms with Gasteiger partial charge in [-0.15, -0.1) is 18.3 Å². The summed E-state index contributed by atoms with van der Waals surface area (Å²) in [7, 11) is 0. The van der Waals surface area contributed by atoms with Crippen molar-refractivity contribution in [3.8, 4) is 0 Å². The van der Waals surface area contributed by atoms with Crippen LogP contribution in [-0.4, -0.2) is 4.75 Å². The van der Waals surface area contributed by atoms with Gasteiger partial charge in [0.1, 0.15) is 0 Å². The SMILES string of the molecule is C=CCC1(Sc2ccccc2)CCCCC1. The maximum atomic E-state index is 3.93. The highest BCUT2D eigenvalue weighted by atomic mass is 32.2. The predicted octanol–water partition coefficient (Wildman–Crippen LogP) is 5.06. The molecule has 1 heteroatoms. The first-order chi connectivity index (χ1) is 7.85. The van der Waals surface area contributed by atoms with Crippen LogP contribution in [0.25, 0.3) is 0 Å². The Balaban J connectivity index is 2.10. The minimum atomic E-state index is 0.432. The Bertz CT molecular complexity index is 323. The molecule has 0 nitrogen and oxygen atoms in total. The summed E-state index contributed by atoms with van der Waals surface area (Å²) in [6.45, 7) is 3.93. The molecule has 1 aliphatic carbocycles. The molecular weight excluding hydrogens is 212 g/mol. The second kappa shape index (κ2) is 5.58. The van der Waals surface area contributed by atoms with Crippen LogP contribution in [0.1, 0.15) is 38.5 Å². The topological polar surface area (TPSA) is 0 Å². The van der Waals surface area contributed by atoms with Crippen LogP contribution in [0.3, 0.4) is 0 Å². The van der Waals surface area contributed by atoms with Crippen molar-refractivity contribution >= 4 is 11.8 Å². The molecule has 86 valence electrons. The molecule has 1 aromatic rings. The van der Waals surface area contributed by atoms with Gasteiger partial charge in [0.15, 0.2) is 0 Å². The first-order valence-electron chi connectivity index (χ1n) is 6.20. The molecule has 1 fully saturated rings. The van der Waals surface area contributed by atoms with Gasteiger partial charge in [0, 0.05) is 9.64 Å². The van der Waals surface area contributed by atoms with Crippen LogP contribution in [0.5, 0.6) is 0 Å². The number of thioether (sulfide) groups is 1. The minimum absolute atomic E-state index is 0.432. The van der Waals surface area contributed by atoms with Gasteiger partial charge in [0.05, 0.1) is 0 Å². The zero-order valence-corrected chi connectivity index (χ0v) is 10.6. The van der Waals surface area contributed by atoms with Gasteiger partial charge in [-0.2, -0.15) is 0 Å². The Hall–Kier alpha value is -0.690. The largest absolute Gasteiger partial charge is 0.119 e. The van der Waals surface area contributed by atoms with E-state index in [-0.39, 0.29) is 0 Å². The van der Waals surface area contributed by atoms with E-state index in [4.69, 9.17) is 0 Å². The summed E-state index contributed by atoms with van der Waals surface area (Å²) in [5.41, 5.74) is 0. The maximum absolute atomic E-state index is 3.93. The van der Waals surface area contributed by atoms with E-state index in [1.165, 1.54) is 37.0 Å². The molecule has 0 aliphatic heterocycles. The van der Waals surface area contributed by atoms with Gasteiger partial charge in [-0.3, -0.25) is 0 Å². The second-order valence-electron chi connectivity index (χ2n) is 4.65. The molecule has 0 saturated heterocycles. The lowest BCUT2D eigenvalue weighted by Gasteiger charge is -2.36. The monoisotopic (exact) mass is 232 g/mol. The van der Waals surface area contributed by atoms with E-state index in [1.807, 2.05) is 0 Å². The fourth-order valence-electron chi connectivity index (χ4n) is 2.55. The fourth-order valence-corrected chi connectivity index (χ4v) is 4.03. The normalized spacial score (nSPS) is 19.2. The fraction of sp³-hybridized carbons (Fsp3) is 0.467. The van der Waals surface area contributed by atoms with Crippen LogP contribution >= 0.6 is 11.8 Å². The van der Waals surface area contributed by atoms with Crippen LogP contribution in [0.4, 0.5) is 0 Å². The van der Waals surface area contributed by atoms with Crippen LogP contribution in [0.2, 0.25) is 0 Å². The second-order valence-corrected chi connectivity index (χ2v) is 6.19. The molecular formula is C15H20S. The Kier molecular flexibility index (Phi) is 4.11. The summed E-state index contributed by atoms with van der Waals surface area (Å²) in [5, 5.41) is 0. The van der Waals surface area contributed by atoms with E-state index in [0.717, 1.165) is 6.42 Å². The summed E-state index contributed by atoms with van der Waals surface area (Å²) in [4.78, 5) is 1.41. The summed E-state index contributed by atoms with van der Waals surface area (Å²) < 4.78 is 0.432. The average molecular weight is 232 g/mol. The third-order valence-corrected chi connectivity index (χ3v) is 4.87. The summed E-state index contributed by atoms with van der Waals surface area (Å²) >= 11 is 2.07. The Labute approximate surface area is 103 Å². The Morgan fingerprint density at radius 2 is 1.81 bits per heavy atom. The van der Waals surface area contributed by atoms with Gasteiger partial charge in [-0.25, -0.2) is 0 Å². The van der Waals surface area contributed by atoms with Gasteiger partial charge >= 0.3 is 0 Å². The minimum Gasteiger partial charge on any atom is -0.119 e. The van der Waals surface area contributed by atoms with Gasteiger partial charge in [0.2, 0.25) is 0 Å². The molecule has 0 N–H and O–H groups in total. The van der Waals surface area contributed by atoms with Crippen molar-refractivity contribution in [1.82, 2.24) is 0 Å². The standard InChI is InChI=1S/C15H20S/c1-2-11-15(12-7-4-8-13-15)16-14-9-5-3-6-10-14/h2-3,5-6,9-10H,1,4,7-8,11-13H2. The summed E-state index contributed by atoms with van der Waals surface area (Å²) in [5.74, 6) is 0. The lowest BCUT2D eigenvalue weighted by molar-refractivity contribution is 0.400. The maximum Gasteiger partial charge on any atom is 0.0241 e. The first-order valence-corrected chi connectivity index (χ1v) is 7.01. The van der Waals surface area contributed by atoms with Crippen LogP contribution in [-0.2, 0) is 0 Å². The number of hydrogen-bond acceptors (Lipinski definition) is 1. The van der Waals surface area contributed by atoms with Gasteiger partial charge in [-0.1, -0.05) is 43.5 Å². The number of hydrogen-bond donors (Lipinski definition) is 0. The average Bonchev–Trinajstić information content (AvgIpc) is 2.31. The van der Waals surface area contributed by atoms with E-state index < -0.39 is 0 Å². The van der Waals surface area contributed by atoms with E-state index in [9.17, 15) is 0 Å². The molecule has 0 amide bonds. The van der Waals surface area contributed by atoms with E-state index in [2.05, 4.69) is 54.7 Å².